The van der Waals surface area contributed by atoms with Crippen LogP contribution in [-0.2, 0) is 9.47 Å². The molecule has 0 spiro atoms. The number of hydrogen-bond donors (Lipinski definition) is 0. The lowest BCUT2D eigenvalue weighted by Crippen LogP contribution is -2.39. The van der Waals surface area contributed by atoms with Crippen LogP contribution in [0.2, 0.25) is 0 Å². The van der Waals surface area contributed by atoms with Gasteiger partial charge in [0.05, 0.1) is 12.7 Å². The van der Waals surface area contributed by atoms with Crippen molar-refractivity contribution < 1.29 is 22.6 Å². The summed E-state index contributed by atoms with van der Waals surface area (Å²) in [5, 5.41) is 0. The van der Waals surface area contributed by atoms with Crippen LogP contribution in [0.1, 0.15) is 84.0 Å². The number of halogens is 3. The summed E-state index contributed by atoms with van der Waals surface area (Å²) >= 11 is 0. The van der Waals surface area contributed by atoms with Crippen molar-refractivity contribution in [2.75, 3.05) is 6.61 Å². The Bertz CT molecular complexity index is 338. The molecule has 0 bridgehead atoms. The first-order valence-electron chi connectivity index (χ1n) is 9.81. The minimum absolute atomic E-state index is 0.0617. The lowest BCUT2D eigenvalue weighted by atomic mass is 9.79. The normalized spacial score (nSPS) is 32.0. The Labute approximate surface area is 144 Å². The van der Waals surface area contributed by atoms with Gasteiger partial charge in [0.15, 0.2) is 6.29 Å². The van der Waals surface area contributed by atoms with Gasteiger partial charge in [0, 0.05) is 12.3 Å². The molecule has 0 aromatic carbocycles. The summed E-state index contributed by atoms with van der Waals surface area (Å²) in [6.45, 7) is 2.86. The van der Waals surface area contributed by atoms with Gasteiger partial charge in [-0.3, -0.25) is 0 Å². The maximum atomic E-state index is 12.3. The molecule has 0 amide bonds. The molecule has 2 fully saturated rings. The molecule has 142 valence electrons. The van der Waals surface area contributed by atoms with E-state index in [1.165, 1.54) is 38.5 Å². The fourth-order valence-electron chi connectivity index (χ4n) is 4.03. The maximum absolute atomic E-state index is 12.3. The third kappa shape index (κ3) is 7.30. The molecular weight excluding hydrogens is 317 g/mol. The molecular formula is C19H33F3O2. The van der Waals surface area contributed by atoms with Gasteiger partial charge in [-0.05, 0) is 50.9 Å². The fraction of sp³-hybridized carbons (Fsp3) is 1.00. The average molecular weight is 350 g/mol. The van der Waals surface area contributed by atoms with Crippen LogP contribution in [0.3, 0.4) is 0 Å². The summed E-state index contributed by atoms with van der Waals surface area (Å²) in [6.07, 6.45) is 6.40. The molecule has 2 aliphatic rings. The van der Waals surface area contributed by atoms with Gasteiger partial charge in [0.1, 0.15) is 0 Å². The van der Waals surface area contributed by atoms with Crippen molar-refractivity contribution in [3.63, 3.8) is 0 Å². The van der Waals surface area contributed by atoms with Gasteiger partial charge in [0.2, 0.25) is 0 Å². The monoisotopic (exact) mass is 350 g/mol. The van der Waals surface area contributed by atoms with Crippen molar-refractivity contribution >= 4 is 0 Å². The first-order chi connectivity index (χ1) is 11.5. The standard InChI is InChI=1S/C19H33F3O2/c1-2-3-4-6-15-8-10-16(11-9-15)18-23-14-12-17(24-18)7-5-13-19(20,21)22/h15-18H,2-14H2,1H3/t15-,16-,17-,18-/m1/s1. The Morgan fingerprint density at radius 2 is 1.67 bits per heavy atom. The van der Waals surface area contributed by atoms with Crippen LogP contribution in [0.15, 0.2) is 0 Å². The van der Waals surface area contributed by atoms with Gasteiger partial charge >= 0.3 is 6.18 Å². The Balaban J connectivity index is 1.65. The number of rotatable bonds is 8. The molecule has 1 heterocycles. The van der Waals surface area contributed by atoms with E-state index in [1.54, 1.807) is 0 Å². The van der Waals surface area contributed by atoms with Crippen molar-refractivity contribution in [3.05, 3.63) is 0 Å². The van der Waals surface area contributed by atoms with E-state index < -0.39 is 12.6 Å². The molecule has 1 aliphatic carbocycles. The summed E-state index contributed by atoms with van der Waals surface area (Å²) < 4.78 is 48.5. The van der Waals surface area contributed by atoms with Crippen LogP contribution in [0, 0.1) is 11.8 Å². The number of unbranched alkanes of at least 4 members (excludes halogenated alkanes) is 2. The predicted octanol–water partition coefficient (Wildman–Crippen LogP) is 6.24. The van der Waals surface area contributed by atoms with E-state index >= 15 is 0 Å². The second kappa shape index (κ2) is 10.0. The largest absolute Gasteiger partial charge is 0.389 e. The molecule has 0 aromatic rings. The van der Waals surface area contributed by atoms with Crippen LogP contribution in [0.5, 0.6) is 0 Å². The third-order valence-electron chi connectivity index (χ3n) is 5.53. The van der Waals surface area contributed by atoms with E-state index in [0.717, 1.165) is 25.2 Å². The highest BCUT2D eigenvalue weighted by Gasteiger charge is 2.33. The van der Waals surface area contributed by atoms with Crippen molar-refractivity contribution in [1.29, 1.82) is 0 Å². The maximum Gasteiger partial charge on any atom is 0.389 e. The molecule has 2 atom stereocenters. The lowest BCUT2D eigenvalue weighted by molar-refractivity contribution is -0.242. The Kier molecular flexibility index (Phi) is 8.35. The summed E-state index contributed by atoms with van der Waals surface area (Å²) in [4.78, 5) is 0. The SMILES string of the molecule is CCCCC[C@H]1CC[C@H]([C@@H]2OCC[C@@H](CCCC(F)(F)F)O2)CC1. The van der Waals surface area contributed by atoms with Gasteiger partial charge in [-0.25, -0.2) is 0 Å². The van der Waals surface area contributed by atoms with Crippen LogP contribution in [0.4, 0.5) is 13.2 Å². The predicted molar refractivity (Wildman–Crippen MR) is 88.7 cm³/mol. The Morgan fingerprint density at radius 1 is 0.917 bits per heavy atom. The third-order valence-corrected chi connectivity index (χ3v) is 5.53. The number of hydrogen-bond acceptors (Lipinski definition) is 2. The topological polar surface area (TPSA) is 18.5 Å². The van der Waals surface area contributed by atoms with E-state index in [0.29, 0.717) is 18.9 Å². The molecule has 1 saturated carbocycles. The van der Waals surface area contributed by atoms with E-state index in [9.17, 15) is 13.2 Å². The highest BCUT2D eigenvalue weighted by molar-refractivity contribution is 4.77. The van der Waals surface area contributed by atoms with E-state index in [-0.39, 0.29) is 18.8 Å². The molecule has 0 unspecified atom stereocenters. The summed E-state index contributed by atoms with van der Waals surface area (Å²) in [5.41, 5.74) is 0. The van der Waals surface area contributed by atoms with E-state index in [2.05, 4.69) is 6.92 Å². The summed E-state index contributed by atoms with van der Waals surface area (Å²) in [7, 11) is 0. The smallest absolute Gasteiger partial charge is 0.352 e. The van der Waals surface area contributed by atoms with Crippen molar-refractivity contribution in [3.8, 4) is 0 Å². The quantitative estimate of drug-likeness (QED) is 0.483. The molecule has 0 N–H and O–H groups in total. The molecule has 1 saturated heterocycles. The van der Waals surface area contributed by atoms with Gasteiger partial charge in [-0.1, -0.05) is 32.6 Å². The minimum atomic E-state index is -4.05. The Morgan fingerprint density at radius 3 is 2.33 bits per heavy atom. The van der Waals surface area contributed by atoms with Crippen LogP contribution in [-0.4, -0.2) is 25.2 Å². The summed E-state index contributed by atoms with van der Waals surface area (Å²) in [5.74, 6) is 1.27. The Hall–Kier alpha value is -0.290. The molecule has 2 rings (SSSR count). The molecule has 1 aliphatic heterocycles. The highest BCUT2D eigenvalue weighted by atomic mass is 19.4. The van der Waals surface area contributed by atoms with E-state index in [1.807, 2.05) is 0 Å². The molecule has 5 heteroatoms. The zero-order valence-corrected chi connectivity index (χ0v) is 15.0. The molecule has 0 aromatic heterocycles. The van der Waals surface area contributed by atoms with Crippen LogP contribution >= 0.6 is 0 Å². The number of ether oxygens (including phenoxy) is 2. The van der Waals surface area contributed by atoms with Crippen molar-refractivity contribution in [2.24, 2.45) is 11.8 Å². The zero-order valence-electron chi connectivity index (χ0n) is 15.0. The minimum Gasteiger partial charge on any atom is -0.352 e. The molecule has 0 radical (unpaired) electrons. The molecule has 24 heavy (non-hydrogen) atoms. The van der Waals surface area contributed by atoms with Gasteiger partial charge in [-0.2, -0.15) is 13.2 Å². The summed E-state index contributed by atoms with van der Waals surface area (Å²) in [6, 6.07) is 0. The fourth-order valence-corrected chi connectivity index (χ4v) is 4.03. The van der Waals surface area contributed by atoms with Gasteiger partial charge in [0.25, 0.3) is 0 Å². The van der Waals surface area contributed by atoms with Gasteiger partial charge in [-0.15, -0.1) is 0 Å². The highest BCUT2D eigenvalue weighted by Crippen LogP contribution is 2.37. The molecule has 2 nitrogen and oxygen atoms in total. The lowest BCUT2D eigenvalue weighted by Gasteiger charge is -2.38. The van der Waals surface area contributed by atoms with Crippen molar-refractivity contribution in [1.82, 2.24) is 0 Å². The second-order valence-corrected chi connectivity index (χ2v) is 7.57. The van der Waals surface area contributed by atoms with Crippen LogP contribution in [0.25, 0.3) is 0 Å². The van der Waals surface area contributed by atoms with Gasteiger partial charge < -0.3 is 9.47 Å². The first kappa shape index (κ1) is 20.0. The van der Waals surface area contributed by atoms with Crippen LogP contribution < -0.4 is 0 Å². The van der Waals surface area contributed by atoms with E-state index in [4.69, 9.17) is 9.47 Å². The first-order valence-corrected chi connectivity index (χ1v) is 9.81. The second-order valence-electron chi connectivity index (χ2n) is 7.57. The van der Waals surface area contributed by atoms with Crippen molar-refractivity contribution in [2.45, 2.75) is 103 Å². The average Bonchev–Trinajstić information content (AvgIpc) is 2.55. The zero-order chi connectivity index (χ0) is 17.4. The number of alkyl halides is 3.